The van der Waals surface area contributed by atoms with Gasteiger partial charge in [-0.1, -0.05) is 35.3 Å². The molecule has 0 fully saturated rings. The Labute approximate surface area is 352 Å². The molecule has 0 spiro atoms. The molecule has 6 aromatic rings. The van der Waals surface area contributed by atoms with Crippen LogP contribution in [-0.4, -0.2) is 53.7 Å². The zero-order valence-corrected chi connectivity index (χ0v) is 33.9. The number of halogens is 2. The molecule has 0 aliphatic carbocycles. The molecule has 1 heterocycles. The highest BCUT2D eigenvalue weighted by Crippen LogP contribution is 2.31. The maximum atomic E-state index is 14.0. The smallest absolute Gasteiger partial charge is 0.289 e. The van der Waals surface area contributed by atoms with Crippen LogP contribution in [0.15, 0.2) is 114 Å². The van der Waals surface area contributed by atoms with Crippen molar-refractivity contribution in [1.29, 1.82) is 0 Å². The summed E-state index contributed by atoms with van der Waals surface area (Å²) < 4.78 is 41.4. The van der Waals surface area contributed by atoms with Gasteiger partial charge >= 0.3 is 0 Å². The summed E-state index contributed by atoms with van der Waals surface area (Å²) in [5.74, 6) is -1.40. The number of hydrogen-bond donors (Lipinski definition) is 2. The van der Waals surface area contributed by atoms with Gasteiger partial charge in [-0.3, -0.25) is 39.2 Å². The number of sulfonamides is 1. The maximum absolute atomic E-state index is 14.0. The highest BCUT2D eigenvalue weighted by atomic mass is 35.5. The van der Waals surface area contributed by atoms with Gasteiger partial charge in [-0.15, -0.1) is 0 Å². The van der Waals surface area contributed by atoms with Crippen molar-refractivity contribution in [3.05, 3.63) is 167 Å². The van der Waals surface area contributed by atoms with Gasteiger partial charge in [-0.2, -0.15) is 0 Å². The van der Waals surface area contributed by atoms with Crippen molar-refractivity contribution in [1.82, 2.24) is 14.6 Å². The number of nitro benzene ring substituents is 2. The van der Waals surface area contributed by atoms with Crippen LogP contribution in [0, 0.1) is 27.2 Å². The Morgan fingerprint density at radius 2 is 1.47 bits per heavy atom. The number of amides is 2. The molecule has 0 aliphatic rings. The van der Waals surface area contributed by atoms with Gasteiger partial charge in [-0.25, -0.2) is 13.1 Å². The molecular formula is C41H33Cl2N5O11S. The van der Waals surface area contributed by atoms with Crippen molar-refractivity contribution in [2.45, 2.75) is 37.3 Å². The molecule has 0 saturated carbocycles. The zero-order valence-electron chi connectivity index (χ0n) is 31.6. The van der Waals surface area contributed by atoms with E-state index in [0.717, 1.165) is 12.1 Å². The summed E-state index contributed by atoms with van der Waals surface area (Å²) in [5.41, 5.74) is 2.04. The molecule has 0 radical (unpaired) electrons. The van der Waals surface area contributed by atoms with Gasteiger partial charge in [0.25, 0.3) is 33.2 Å². The van der Waals surface area contributed by atoms with Gasteiger partial charge in [-0.05, 0) is 102 Å². The number of non-ortho nitro benzene ring substituents is 1. The molecule has 2 amide bonds. The largest absolute Gasteiger partial charge is 0.497 e. The van der Waals surface area contributed by atoms with E-state index in [-0.39, 0.29) is 30.2 Å². The highest BCUT2D eigenvalue weighted by Gasteiger charge is 2.30. The second kappa shape index (κ2) is 18.0. The standard InChI is InChI=1S/C41H33Cl2N5O11S/c1-24-33(34-20-31(58-2)15-18-37(34)46(24)41(51)27-7-9-28(42)10-8-27)22-39(49)44-36(40(50)45-60(56,57)32-16-17-35(43)38(21-32)48(54)55)19-25-5-13-30(14-6-25)59-23-26-3-11-29(12-4-26)47(52)53/h3-18,20-21,36H,19,22-23H2,1-2H3,(H,44,49)(H,45,50)/t36-/m0/s1. The first kappa shape index (κ1) is 42.8. The average Bonchev–Trinajstić information content (AvgIpc) is 3.49. The normalized spacial score (nSPS) is 11.7. The first-order valence-corrected chi connectivity index (χ1v) is 20.0. The average molecular weight is 875 g/mol. The van der Waals surface area contributed by atoms with Gasteiger partial charge in [0.15, 0.2) is 0 Å². The predicted molar refractivity (Wildman–Crippen MR) is 221 cm³/mol. The summed E-state index contributed by atoms with van der Waals surface area (Å²) in [6, 6.07) is 24.7. The van der Waals surface area contributed by atoms with Crippen molar-refractivity contribution < 1.29 is 42.1 Å². The van der Waals surface area contributed by atoms with E-state index < -0.39 is 54.2 Å². The molecule has 0 aliphatic heterocycles. The van der Waals surface area contributed by atoms with E-state index in [9.17, 15) is 43.0 Å². The molecule has 2 N–H and O–H groups in total. The molecule has 0 saturated heterocycles. The summed E-state index contributed by atoms with van der Waals surface area (Å²) in [7, 11) is -3.26. The third kappa shape index (κ3) is 9.71. The topological polar surface area (TPSA) is 219 Å². The van der Waals surface area contributed by atoms with Crippen LogP contribution in [0.4, 0.5) is 11.4 Å². The van der Waals surface area contributed by atoms with E-state index in [1.165, 1.54) is 23.8 Å². The highest BCUT2D eigenvalue weighted by molar-refractivity contribution is 7.90. The summed E-state index contributed by atoms with van der Waals surface area (Å²) >= 11 is 11.9. The van der Waals surface area contributed by atoms with E-state index in [2.05, 4.69) is 5.32 Å². The number of methoxy groups -OCH3 is 1. The van der Waals surface area contributed by atoms with Crippen molar-refractivity contribution in [3.8, 4) is 11.5 Å². The van der Waals surface area contributed by atoms with Crippen LogP contribution in [-0.2, 0) is 39.1 Å². The molecule has 1 aromatic heterocycles. The lowest BCUT2D eigenvalue weighted by atomic mass is 10.0. The Balaban J connectivity index is 1.28. The van der Waals surface area contributed by atoms with Crippen LogP contribution in [0.5, 0.6) is 11.5 Å². The van der Waals surface area contributed by atoms with Crippen molar-refractivity contribution >= 4 is 73.2 Å². The van der Waals surface area contributed by atoms with E-state index in [1.807, 2.05) is 4.72 Å². The third-order valence-corrected chi connectivity index (χ3v) is 11.3. The fourth-order valence-corrected chi connectivity index (χ4v) is 7.66. The minimum atomic E-state index is -4.72. The molecular weight excluding hydrogens is 841 g/mol. The first-order chi connectivity index (χ1) is 28.5. The van der Waals surface area contributed by atoms with Gasteiger partial charge in [0.2, 0.25) is 5.91 Å². The van der Waals surface area contributed by atoms with E-state index in [0.29, 0.717) is 61.4 Å². The van der Waals surface area contributed by atoms with E-state index in [4.69, 9.17) is 32.7 Å². The quantitative estimate of drug-likeness (QED) is 0.0781. The van der Waals surface area contributed by atoms with Crippen molar-refractivity contribution in [2.24, 2.45) is 0 Å². The van der Waals surface area contributed by atoms with Gasteiger partial charge < -0.3 is 14.8 Å². The van der Waals surface area contributed by atoms with Crippen LogP contribution in [0.1, 0.15) is 32.7 Å². The van der Waals surface area contributed by atoms with Gasteiger partial charge in [0.1, 0.15) is 29.2 Å². The maximum Gasteiger partial charge on any atom is 0.289 e. The summed E-state index contributed by atoms with van der Waals surface area (Å²) in [6.07, 6.45) is -0.578. The van der Waals surface area contributed by atoms with E-state index in [1.54, 1.807) is 85.8 Å². The number of carbonyl (C=O) groups is 3. The number of fused-ring (bicyclic) bond motifs is 1. The number of nitrogens with zero attached hydrogens (tertiary/aromatic N) is 3. The Hall–Kier alpha value is -6.82. The second-order valence-corrected chi connectivity index (χ2v) is 15.8. The predicted octanol–water partition coefficient (Wildman–Crippen LogP) is 7.12. The van der Waals surface area contributed by atoms with Crippen molar-refractivity contribution in [3.63, 3.8) is 0 Å². The summed E-state index contributed by atoms with van der Waals surface area (Å²) in [4.78, 5) is 62.0. The van der Waals surface area contributed by atoms with Crippen LogP contribution in [0.3, 0.4) is 0 Å². The van der Waals surface area contributed by atoms with Gasteiger partial charge in [0, 0.05) is 46.3 Å². The molecule has 16 nitrogen and oxygen atoms in total. The lowest BCUT2D eigenvalue weighted by Gasteiger charge is -2.19. The number of nitrogens with one attached hydrogen (secondary N) is 2. The molecule has 5 aromatic carbocycles. The number of carbonyl (C=O) groups excluding carboxylic acids is 3. The van der Waals surface area contributed by atoms with Gasteiger partial charge in [0.05, 0.1) is 33.8 Å². The van der Waals surface area contributed by atoms with E-state index >= 15 is 0 Å². The molecule has 1 atom stereocenters. The summed E-state index contributed by atoms with van der Waals surface area (Å²) in [5, 5.41) is 25.7. The number of rotatable bonds is 15. The number of nitro groups is 2. The van der Waals surface area contributed by atoms with Crippen LogP contribution in [0.2, 0.25) is 10.0 Å². The van der Waals surface area contributed by atoms with Crippen molar-refractivity contribution in [2.75, 3.05) is 7.11 Å². The fourth-order valence-electron chi connectivity index (χ4n) is 6.31. The monoisotopic (exact) mass is 873 g/mol. The fraction of sp³-hybridized carbons (Fsp3) is 0.146. The summed E-state index contributed by atoms with van der Waals surface area (Å²) in [6.45, 7) is 1.75. The molecule has 0 bridgehead atoms. The second-order valence-electron chi connectivity index (χ2n) is 13.3. The minimum absolute atomic E-state index is 0.0672. The Morgan fingerprint density at radius 1 is 0.817 bits per heavy atom. The molecule has 6 rings (SSSR count). The lowest BCUT2D eigenvalue weighted by molar-refractivity contribution is -0.385. The molecule has 0 unspecified atom stereocenters. The van der Waals surface area contributed by atoms with Crippen LogP contribution >= 0.6 is 23.2 Å². The SMILES string of the molecule is COc1ccc2c(c1)c(CC(=O)N[C@@H](Cc1ccc(OCc3ccc([N+](=O)[O-])cc3)cc1)C(=O)NS(=O)(=O)c1ccc(Cl)c([N+](=O)[O-])c1)c(C)n2C(=O)c1ccc(Cl)cc1. The zero-order chi connectivity index (χ0) is 43.3. The number of benzene rings is 5. The number of ether oxygens (including phenoxy) is 2. The molecule has 19 heteroatoms. The number of hydrogen-bond acceptors (Lipinski definition) is 11. The van der Waals surface area contributed by atoms with Crippen LogP contribution < -0.4 is 19.5 Å². The lowest BCUT2D eigenvalue weighted by Crippen LogP contribution is -2.50. The first-order valence-electron chi connectivity index (χ1n) is 17.8. The Bertz CT molecular complexity index is 2760. The molecule has 60 heavy (non-hydrogen) atoms. The Kier molecular flexibility index (Phi) is 12.8. The Morgan fingerprint density at radius 3 is 2.10 bits per heavy atom. The van der Waals surface area contributed by atoms with Crippen LogP contribution in [0.25, 0.3) is 10.9 Å². The third-order valence-electron chi connectivity index (χ3n) is 9.40. The molecule has 308 valence electrons. The minimum Gasteiger partial charge on any atom is -0.497 e. The number of aromatic nitrogens is 1.